The van der Waals surface area contributed by atoms with Crippen LogP contribution in [-0.4, -0.2) is 42.5 Å². The zero-order chi connectivity index (χ0) is 12.1. The van der Waals surface area contributed by atoms with E-state index in [1.54, 1.807) is 0 Å². The van der Waals surface area contributed by atoms with Crippen LogP contribution in [0.1, 0.15) is 27.2 Å². The summed E-state index contributed by atoms with van der Waals surface area (Å²) in [5.41, 5.74) is 0. The number of nitrogens with one attached hydrogen (secondary N) is 2. The average molecular weight is 230 g/mol. The van der Waals surface area contributed by atoms with Gasteiger partial charge in [0.15, 0.2) is 0 Å². The van der Waals surface area contributed by atoms with Crippen molar-refractivity contribution in [3.63, 3.8) is 0 Å². The van der Waals surface area contributed by atoms with E-state index in [0.717, 1.165) is 6.42 Å². The predicted molar refractivity (Wildman–Crippen MR) is 61.2 cm³/mol. The van der Waals surface area contributed by atoms with Gasteiger partial charge in [-0.2, -0.15) is 0 Å². The van der Waals surface area contributed by atoms with Crippen LogP contribution in [0, 0.1) is 5.92 Å². The monoisotopic (exact) mass is 230 g/mol. The molecule has 16 heavy (non-hydrogen) atoms. The third kappa shape index (κ3) is 3.64. The zero-order valence-corrected chi connectivity index (χ0v) is 10.2. The highest BCUT2D eigenvalue weighted by Gasteiger charge is 2.26. The van der Waals surface area contributed by atoms with Crippen LogP contribution in [0.4, 0.5) is 4.79 Å². The third-order valence-electron chi connectivity index (χ3n) is 3.19. The molecule has 1 saturated heterocycles. The Morgan fingerprint density at radius 2 is 2.25 bits per heavy atom. The fourth-order valence-electron chi connectivity index (χ4n) is 1.64. The van der Waals surface area contributed by atoms with E-state index in [1.165, 1.54) is 0 Å². The first-order chi connectivity index (χ1) is 7.54. The molecule has 1 rings (SSSR count). The van der Waals surface area contributed by atoms with E-state index in [0.29, 0.717) is 6.61 Å². The van der Waals surface area contributed by atoms with Gasteiger partial charge in [0, 0.05) is 19.3 Å². The molecule has 0 aromatic heterocycles. The lowest BCUT2D eigenvalue weighted by molar-refractivity contribution is 0.113. The van der Waals surface area contributed by atoms with Crippen molar-refractivity contribution in [1.82, 2.24) is 10.6 Å². The summed E-state index contributed by atoms with van der Waals surface area (Å²) >= 11 is 0. The normalized spacial score (nSPS) is 28.5. The molecule has 0 aliphatic carbocycles. The van der Waals surface area contributed by atoms with Crippen LogP contribution < -0.4 is 10.6 Å². The van der Waals surface area contributed by atoms with Gasteiger partial charge in [-0.1, -0.05) is 6.92 Å². The Morgan fingerprint density at radius 3 is 2.75 bits per heavy atom. The zero-order valence-electron chi connectivity index (χ0n) is 10.2. The van der Waals surface area contributed by atoms with Gasteiger partial charge in [-0.15, -0.1) is 0 Å². The van der Waals surface area contributed by atoms with Crippen molar-refractivity contribution in [2.24, 2.45) is 5.92 Å². The van der Waals surface area contributed by atoms with Crippen molar-refractivity contribution in [1.29, 1.82) is 0 Å². The molecule has 1 fully saturated rings. The lowest BCUT2D eigenvalue weighted by Gasteiger charge is -2.22. The predicted octanol–water partition coefficient (Wildman–Crippen LogP) is 0.480. The molecule has 0 saturated carbocycles. The highest BCUT2D eigenvalue weighted by atomic mass is 16.5. The second kappa shape index (κ2) is 6.06. The summed E-state index contributed by atoms with van der Waals surface area (Å²) in [7, 11) is 0. The molecular weight excluding hydrogens is 208 g/mol. The molecule has 3 N–H and O–H groups in total. The molecule has 0 radical (unpaired) electrons. The largest absolute Gasteiger partial charge is 0.396 e. The van der Waals surface area contributed by atoms with Crippen LogP contribution in [-0.2, 0) is 4.74 Å². The molecule has 94 valence electrons. The first-order valence-electron chi connectivity index (χ1n) is 5.84. The van der Waals surface area contributed by atoms with E-state index in [9.17, 15) is 4.79 Å². The van der Waals surface area contributed by atoms with Gasteiger partial charge >= 0.3 is 6.03 Å². The molecule has 5 nitrogen and oxygen atoms in total. The summed E-state index contributed by atoms with van der Waals surface area (Å²) < 4.78 is 5.36. The molecule has 1 aliphatic heterocycles. The van der Waals surface area contributed by atoms with Crippen molar-refractivity contribution in [3.05, 3.63) is 0 Å². The minimum absolute atomic E-state index is 0.0392. The van der Waals surface area contributed by atoms with E-state index in [4.69, 9.17) is 9.84 Å². The summed E-state index contributed by atoms with van der Waals surface area (Å²) in [5, 5.41) is 14.6. The standard InChI is InChI=1S/C11H22N2O3/c1-7(6-14)8(2)12-11(15)13-10-4-5-16-9(10)3/h7-10,14H,4-6H2,1-3H3,(H2,12,13,15). The number of rotatable bonds is 4. The van der Waals surface area contributed by atoms with E-state index < -0.39 is 0 Å². The maximum atomic E-state index is 11.6. The van der Waals surface area contributed by atoms with Crippen LogP contribution in [0.15, 0.2) is 0 Å². The smallest absolute Gasteiger partial charge is 0.315 e. The van der Waals surface area contributed by atoms with Crippen molar-refractivity contribution >= 4 is 6.03 Å². The maximum Gasteiger partial charge on any atom is 0.315 e. The van der Waals surface area contributed by atoms with Gasteiger partial charge in [0.1, 0.15) is 0 Å². The number of aliphatic hydroxyl groups is 1. The van der Waals surface area contributed by atoms with Crippen LogP contribution in [0.5, 0.6) is 0 Å². The number of urea groups is 1. The first-order valence-corrected chi connectivity index (χ1v) is 5.84. The highest BCUT2D eigenvalue weighted by Crippen LogP contribution is 2.12. The Morgan fingerprint density at radius 1 is 1.56 bits per heavy atom. The average Bonchev–Trinajstić information content (AvgIpc) is 2.63. The molecule has 5 heteroatoms. The first kappa shape index (κ1) is 13.3. The number of carbonyl (C=O) groups excluding carboxylic acids is 1. The van der Waals surface area contributed by atoms with Gasteiger partial charge in [-0.25, -0.2) is 4.79 Å². The molecule has 4 unspecified atom stereocenters. The molecule has 1 heterocycles. The fraction of sp³-hybridized carbons (Fsp3) is 0.909. The number of amides is 2. The fourth-order valence-corrected chi connectivity index (χ4v) is 1.64. The summed E-state index contributed by atoms with van der Waals surface area (Å²) in [6, 6.07) is -0.130. The molecule has 4 atom stereocenters. The quantitative estimate of drug-likeness (QED) is 0.658. The van der Waals surface area contributed by atoms with Crippen molar-refractivity contribution < 1.29 is 14.6 Å². The number of hydrogen-bond acceptors (Lipinski definition) is 3. The Hall–Kier alpha value is -0.810. The topological polar surface area (TPSA) is 70.6 Å². The third-order valence-corrected chi connectivity index (χ3v) is 3.19. The number of aliphatic hydroxyl groups excluding tert-OH is 1. The second-order valence-electron chi connectivity index (χ2n) is 4.54. The highest BCUT2D eigenvalue weighted by molar-refractivity contribution is 5.74. The lowest BCUT2D eigenvalue weighted by atomic mass is 10.1. The molecule has 2 amide bonds. The summed E-state index contributed by atoms with van der Waals surface area (Å²) in [4.78, 5) is 11.6. The van der Waals surface area contributed by atoms with Gasteiger partial charge < -0.3 is 20.5 Å². The summed E-state index contributed by atoms with van der Waals surface area (Å²) in [6.45, 7) is 6.51. The summed E-state index contributed by atoms with van der Waals surface area (Å²) in [5.74, 6) is 0.0583. The Balaban J connectivity index is 2.30. The molecule has 0 aromatic carbocycles. The number of hydrogen-bond donors (Lipinski definition) is 3. The molecular formula is C11H22N2O3. The van der Waals surface area contributed by atoms with E-state index in [1.807, 2.05) is 20.8 Å². The Labute approximate surface area is 96.6 Å². The Bertz CT molecular complexity index is 235. The van der Waals surface area contributed by atoms with Gasteiger partial charge in [0.2, 0.25) is 0 Å². The lowest BCUT2D eigenvalue weighted by Crippen LogP contribution is -2.49. The van der Waals surface area contributed by atoms with Crippen molar-refractivity contribution in [2.45, 2.75) is 45.4 Å². The second-order valence-corrected chi connectivity index (χ2v) is 4.54. The van der Waals surface area contributed by atoms with Gasteiger partial charge in [0.25, 0.3) is 0 Å². The van der Waals surface area contributed by atoms with Crippen LogP contribution >= 0.6 is 0 Å². The van der Waals surface area contributed by atoms with Gasteiger partial charge in [-0.05, 0) is 26.2 Å². The molecule has 1 aliphatic rings. The van der Waals surface area contributed by atoms with Crippen molar-refractivity contribution in [2.75, 3.05) is 13.2 Å². The van der Waals surface area contributed by atoms with Crippen LogP contribution in [0.2, 0.25) is 0 Å². The summed E-state index contributed by atoms with van der Waals surface area (Å²) in [6.07, 6.45) is 0.940. The minimum Gasteiger partial charge on any atom is -0.396 e. The Kier molecular flexibility index (Phi) is 5.02. The van der Waals surface area contributed by atoms with Crippen LogP contribution in [0.25, 0.3) is 0 Å². The van der Waals surface area contributed by atoms with Gasteiger partial charge in [0.05, 0.1) is 12.1 Å². The minimum atomic E-state index is -0.185. The maximum absolute atomic E-state index is 11.6. The van der Waals surface area contributed by atoms with Crippen LogP contribution in [0.3, 0.4) is 0 Å². The SMILES string of the molecule is CC(CO)C(C)NC(=O)NC1CCOC1C. The number of ether oxygens (including phenoxy) is 1. The molecule has 0 bridgehead atoms. The molecule has 0 aromatic rings. The van der Waals surface area contributed by atoms with Crippen molar-refractivity contribution in [3.8, 4) is 0 Å². The van der Waals surface area contributed by atoms with E-state index in [-0.39, 0.29) is 36.7 Å². The van der Waals surface area contributed by atoms with E-state index >= 15 is 0 Å². The van der Waals surface area contributed by atoms with Gasteiger partial charge in [-0.3, -0.25) is 0 Å². The molecule has 0 spiro atoms. The van der Waals surface area contributed by atoms with E-state index in [2.05, 4.69) is 10.6 Å². The number of carbonyl (C=O) groups is 1.